The molecule has 0 spiro atoms. The number of aromatic nitrogens is 3. The standard InChI is InChI=1S/C26H23F9N6O3/c27-16-8-40(23(43)13-3-4-24(28,29)7-13)9-17(16)39-22(42)14-5-12(1-2-19(14)44-10-25(30,31)32)18-6-15(26(33,34)35)20-21(36)37-11-38-41(18)20/h1-2,5-6,11,13,16-17H,3-4,7-10H2,(H,39,42)(H2,36,37,38)/t13?,16-,17+/m0/s1. The summed E-state index contributed by atoms with van der Waals surface area (Å²) in [5.74, 6) is -7.06. The molecule has 2 fully saturated rings. The van der Waals surface area contributed by atoms with Gasteiger partial charge in [-0.3, -0.25) is 9.59 Å². The number of anilines is 1. The van der Waals surface area contributed by atoms with Gasteiger partial charge in [-0.25, -0.2) is 22.7 Å². The summed E-state index contributed by atoms with van der Waals surface area (Å²) in [7, 11) is 0. The second kappa shape index (κ2) is 11.0. The summed E-state index contributed by atoms with van der Waals surface area (Å²) < 4.78 is 128. The van der Waals surface area contributed by atoms with E-state index in [1.165, 1.54) is 0 Å². The van der Waals surface area contributed by atoms with E-state index in [-0.39, 0.29) is 17.7 Å². The lowest BCUT2D eigenvalue weighted by molar-refractivity contribution is -0.153. The summed E-state index contributed by atoms with van der Waals surface area (Å²) in [6.07, 6.45) is -12.0. The number of alkyl halides is 9. The van der Waals surface area contributed by atoms with Crippen molar-refractivity contribution in [3.8, 4) is 17.0 Å². The van der Waals surface area contributed by atoms with E-state index in [2.05, 4.69) is 15.4 Å². The molecule has 238 valence electrons. The number of nitrogens with zero attached hydrogens (tertiary/aromatic N) is 4. The number of rotatable bonds is 6. The SMILES string of the molecule is Nc1ncnn2c(-c3ccc(OCC(F)(F)F)c(C(=O)N[C@@H]4CN(C(=O)C5CCC(F)(F)C5)C[C@@H]4F)c3)cc(C(F)(F)F)c12. The first-order valence-corrected chi connectivity index (χ1v) is 13.1. The lowest BCUT2D eigenvalue weighted by Crippen LogP contribution is -2.42. The highest BCUT2D eigenvalue weighted by Crippen LogP contribution is 2.41. The molecule has 44 heavy (non-hydrogen) atoms. The van der Waals surface area contributed by atoms with Crippen LogP contribution < -0.4 is 15.8 Å². The molecule has 3 atom stereocenters. The second-order valence-corrected chi connectivity index (χ2v) is 10.6. The molecule has 1 aromatic carbocycles. The average molecular weight is 638 g/mol. The van der Waals surface area contributed by atoms with Crippen molar-refractivity contribution in [2.45, 2.75) is 49.8 Å². The largest absolute Gasteiger partial charge is 0.483 e. The molecule has 9 nitrogen and oxygen atoms in total. The minimum atomic E-state index is -4.91. The molecule has 1 unspecified atom stereocenters. The second-order valence-electron chi connectivity index (χ2n) is 10.6. The number of amides is 2. The van der Waals surface area contributed by atoms with Crippen molar-refractivity contribution < 1.29 is 53.8 Å². The highest BCUT2D eigenvalue weighted by atomic mass is 19.4. The number of carbonyl (C=O) groups is 2. The minimum Gasteiger partial charge on any atom is -0.483 e. The van der Waals surface area contributed by atoms with Gasteiger partial charge in [0.2, 0.25) is 11.8 Å². The van der Waals surface area contributed by atoms with Crippen LogP contribution in [-0.2, 0) is 11.0 Å². The van der Waals surface area contributed by atoms with E-state index in [1.807, 2.05) is 0 Å². The Bertz CT molecular complexity index is 1590. The summed E-state index contributed by atoms with van der Waals surface area (Å²) in [5.41, 5.74) is 2.86. The molecule has 2 aromatic heterocycles. The molecule has 1 saturated heterocycles. The molecule has 2 aliphatic rings. The molecule has 0 radical (unpaired) electrons. The minimum absolute atomic E-state index is 0.0932. The van der Waals surface area contributed by atoms with Gasteiger partial charge in [-0.05, 0) is 30.7 Å². The number of nitrogen functional groups attached to an aromatic ring is 1. The summed E-state index contributed by atoms with van der Waals surface area (Å²) >= 11 is 0. The zero-order valence-corrected chi connectivity index (χ0v) is 22.4. The van der Waals surface area contributed by atoms with Crippen molar-refractivity contribution in [1.29, 1.82) is 0 Å². The summed E-state index contributed by atoms with van der Waals surface area (Å²) in [6, 6.07) is 2.25. The first-order valence-electron chi connectivity index (χ1n) is 13.1. The third-order valence-electron chi connectivity index (χ3n) is 7.43. The Kier molecular flexibility index (Phi) is 7.82. The number of likely N-dealkylation sites (tertiary alicyclic amines) is 1. The van der Waals surface area contributed by atoms with Crippen LogP contribution in [0.3, 0.4) is 0 Å². The zero-order chi connectivity index (χ0) is 32.2. The van der Waals surface area contributed by atoms with E-state index < -0.39 is 109 Å². The third-order valence-corrected chi connectivity index (χ3v) is 7.43. The molecule has 2 amide bonds. The molecule has 5 rings (SSSR count). The number of benzene rings is 1. The number of carbonyl (C=O) groups excluding carboxylic acids is 2. The predicted molar refractivity (Wildman–Crippen MR) is 134 cm³/mol. The van der Waals surface area contributed by atoms with Crippen molar-refractivity contribution in [1.82, 2.24) is 24.8 Å². The van der Waals surface area contributed by atoms with Crippen molar-refractivity contribution in [2.24, 2.45) is 5.92 Å². The predicted octanol–water partition coefficient (Wildman–Crippen LogP) is 4.65. The van der Waals surface area contributed by atoms with E-state index in [1.54, 1.807) is 0 Å². The Balaban J connectivity index is 1.45. The Hall–Kier alpha value is -4.25. The van der Waals surface area contributed by atoms with Crippen LogP contribution in [0.1, 0.15) is 35.2 Å². The van der Waals surface area contributed by atoms with Crippen LogP contribution >= 0.6 is 0 Å². The maximum atomic E-state index is 14.9. The van der Waals surface area contributed by atoms with Crippen LogP contribution in [-0.4, -0.2) is 75.3 Å². The molecular weight excluding hydrogens is 615 g/mol. The number of nitrogens with one attached hydrogen (secondary N) is 1. The highest BCUT2D eigenvalue weighted by Gasteiger charge is 2.46. The van der Waals surface area contributed by atoms with E-state index in [9.17, 15) is 49.1 Å². The number of nitrogens with two attached hydrogens (primary N) is 1. The van der Waals surface area contributed by atoms with Gasteiger partial charge in [0.05, 0.1) is 29.4 Å². The quantitative estimate of drug-likeness (QED) is 0.380. The first-order chi connectivity index (χ1) is 20.4. The lowest BCUT2D eigenvalue weighted by Gasteiger charge is -2.21. The van der Waals surface area contributed by atoms with E-state index in [0.717, 1.165) is 33.9 Å². The maximum Gasteiger partial charge on any atom is 0.422 e. The van der Waals surface area contributed by atoms with Crippen LogP contribution in [0.5, 0.6) is 5.75 Å². The molecule has 1 aliphatic heterocycles. The van der Waals surface area contributed by atoms with Gasteiger partial charge in [0, 0.05) is 30.9 Å². The molecule has 3 heterocycles. The smallest absolute Gasteiger partial charge is 0.422 e. The number of halogens is 9. The Morgan fingerprint density at radius 1 is 1.11 bits per heavy atom. The molecule has 1 aliphatic carbocycles. The molecule has 1 saturated carbocycles. The topological polar surface area (TPSA) is 115 Å². The zero-order valence-electron chi connectivity index (χ0n) is 22.4. The van der Waals surface area contributed by atoms with Gasteiger partial charge in [-0.1, -0.05) is 0 Å². The van der Waals surface area contributed by atoms with Gasteiger partial charge < -0.3 is 20.7 Å². The monoisotopic (exact) mass is 638 g/mol. The normalized spacial score (nSPS) is 22.0. The average Bonchev–Trinajstić information content (AvgIpc) is 3.61. The van der Waals surface area contributed by atoms with Gasteiger partial charge in [0.25, 0.3) is 5.91 Å². The first kappa shape index (κ1) is 31.2. The van der Waals surface area contributed by atoms with Gasteiger partial charge in [0.1, 0.15) is 23.8 Å². The van der Waals surface area contributed by atoms with E-state index in [4.69, 9.17) is 10.5 Å². The van der Waals surface area contributed by atoms with E-state index in [0.29, 0.717) is 6.07 Å². The summed E-state index contributed by atoms with van der Waals surface area (Å²) in [5, 5.41) is 6.07. The summed E-state index contributed by atoms with van der Waals surface area (Å²) in [6.45, 7) is -2.74. The van der Waals surface area contributed by atoms with Gasteiger partial charge in [-0.2, -0.15) is 31.4 Å². The van der Waals surface area contributed by atoms with Crippen LogP contribution in [0, 0.1) is 5.92 Å². The van der Waals surface area contributed by atoms with Gasteiger partial charge in [0.15, 0.2) is 12.4 Å². The molecule has 18 heteroatoms. The van der Waals surface area contributed by atoms with Gasteiger partial charge in [-0.15, -0.1) is 0 Å². The highest BCUT2D eigenvalue weighted by molar-refractivity contribution is 5.98. The number of hydrogen-bond donors (Lipinski definition) is 2. The van der Waals surface area contributed by atoms with Crippen molar-refractivity contribution in [2.75, 3.05) is 25.4 Å². The van der Waals surface area contributed by atoms with Crippen LogP contribution in [0.4, 0.5) is 45.3 Å². The Morgan fingerprint density at radius 3 is 2.48 bits per heavy atom. The number of hydrogen-bond acceptors (Lipinski definition) is 6. The molecule has 3 N–H and O–H groups in total. The third kappa shape index (κ3) is 6.33. The number of fused-ring (bicyclic) bond motifs is 1. The summed E-state index contributed by atoms with van der Waals surface area (Å²) in [4.78, 5) is 30.6. The van der Waals surface area contributed by atoms with Crippen LogP contribution in [0.25, 0.3) is 16.8 Å². The Morgan fingerprint density at radius 2 is 1.84 bits per heavy atom. The van der Waals surface area contributed by atoms with Crippen molar-refractivity contribution in [3.05, 3.63) is 41.7 Å². The fourth-order valence-corrected chi connectivity index (χ4v) is 5.39. The van der Waals surface area contributed by atoms with Crippen LogP contribution in [0.2, 0.25) is 0 Å². The van der Waals surface area contributed by atoms with E-state index >= 15 is 0 Å². The Labute approximate surface area is 242 Å². The number of ether oxygens (including phenoxy) is 1. The van der Waals surface area contributed by atoms with Crippen LogP contribution in [0.15, 0.2) is 30.6 Å². The maximum absolute atomic E-state index is 14.9. The van der Waals surface area contributed by atoms with Crippen molar-refractivity contribution in [3.63, 3.8) is 0 Å². The lowest BCUT2D eigenvalue weighted by atomic mass is 10.1. The fourth-order valence-electron chi connectivity index (χ4n) is 5.39. The molecule has 0 bridgehead atoms. The van der Waals surface area contributed by atoms with Crippen molar-refractivity contribution >= 4 is 23.1 Å². The van der Waals surface area contributed by atoms with Gasteiger partial charge >= 0.3 is 12.4 Å². The fraction of sp³-hybridized carbons (Fsp3) is 0.462. The molecule has 3 aromatic rings. The molecular formula is C26H23F9N6O3.